The molecule has 5 nitrogen and oxygen atoms in total. The Bertz CT molecular complexity index is 953. The number of carbonyl (C=O) groups excluding carboxylic acids is 1. The van der Waals surface area contributed by atoms with Gasteiger partial charge in [0.2, 0.25) is 5.91 Å². The smallest absolute Gasteiger partial charge is 0.219 e. The van der Waals surface area contributed by atoms with Gasteiger partial charge in [-0.2, -0.15) is 0 Å². The number of nitrogens with zero attached hydrogens (tertiary/aromatic N) is 2. The minimum absolute atomic E-state index is 0.0578. The van der Waals surface area contributed by atoms with Gasteiger partial charge in [-0.3, -0.25) is 15.1 Å². The molecule has 2 N–H and O–H groups in total. The predicted octanol–water partition coefficient (Wildman–Crippen LogP) is 4.05. The fourth-order valence-electron chi connectivity index (χ4n) is 4.17. The van der Waals surface area contributed by atoms with Crippen LogP contribution in [0.5, 0.6) is 5.75 Å². The number of phenols is 1. The Labute approximate surface area is 174 Å². The summed E-state index contributed by atoms with van der Waals surface area (Å²) in [6.45, 7) is 2.79. The number of hydrogen-bond donors (Lipinski definition) is 2. The lowest BCUT2D eigenvalue weighted by Crippen LogP contribution is -2.56. The summed E-state index contributed by atoms with van der Waals surface area (Å²) < 4.78 is 13.4. The van der Waals surface area contributed by atoms with E-state index in [0.29, 0.717) is 42.9 Å². The van der Waals surface area contributed by atoms with Crippen LogP contribution in [0.15, 0.2) is 47.5 Å². The van der Waals surface area contributed by atoms with E-state index in [1.54, 1.807) is 37.3 Å². The summed E-state index contributed by atoms with van der Waals surface area (Å²) >= 11 is 6.18. The van der Waals surface area contributed by atoms with E-state index in [2.05, 4.69) is 5.32 Å². The minimum Gasteiger partial charge on any atom is -0.508 e. The van der Waals surface area contributed by atoms with E-state index in [0.717, 1.165) is 11.3 Å². The molecule has 7 heteroatoms. The Hall–Kier alpha value is -2.44. The summed E-state index contributed by atoms with van der Waals surface area (Å²) in [5.74, 6) is -0.0668. The molecule has 2 heterocycles. The summed E-state index contributed by atoms with van der Waals surface area (Å²) in [6, 6.07) is 11.1. The number of aliphatic imine (C=N–C) groups is 1. The van der Waals surface area contributed by atoms with Crippen molar-refractivity contribution < 1.29 is 14.3 Å². The van der Waals surface area contributed by atoms with Gasteiger partial charge in [0.15, 0.2) is 0 Å². The highest BCUT2D eigenvalue weighted by Crippen LogP contribution is 2.38. The van der Waals surface area contributed by atoms with Crippen molar-refractivity contribution in [2.45, 2.75) is 37.9 Å². The standard InChI is InChI=1S/C22H23ClFN3O2/c1-14(28)27-10-8-22(9-11-27)25-19(15-2-5-17(24)6-3-15)13-20(26-22)18-12-16(23)4-7-21(18)29/h2-7,12,20,26,29H,8-11,13H2,1H3/t20-/m1/s1. The normalized spacial score (nSPS) is 21.1. The molecule has 29 heavy (non-hydrogen) atoms. The second-order valence-electron chi connectivity index (χ2n) is 7.71. The number of hydrogen-bond acceptors (Lipinski definition) is 4. The van der Waals surface area contributed by atoms with E-state index in [9.17, 15) is 14.3 Å². The van der Waals surface area contributed by atoms with Gasteiger partial charge in [-0.15, -0.1) is 0 Å². The largest absolute Gasteiger partial charge is 0.508 e. The van der Waals surface area contributed by atoms with E-state index in [1.807, 2.05) is 4.90 Å². The SMILES string of the molecule is CC(=O)N1CCC2(CC1)N=C(c1ccc(F)cc1)C[C@H](c1cc(Cl)ccc1O)N2. The van der Waals surface area contributed by atoms with Crippen LogP contribution in [0.2, 0.25) is 5.02 Å². The summed E-state index contributed by atoms with van der Waals surface area (Å²) in [5, 5.41) is 14.6. The van der Waals surface area contributed by atoms with E-state index >= 15 is 0 Å². The molecule has 2 aromatic rings. The third kappa shape index (κ3) is 4.14. The number of carbonyl (C=O) groups is 1. The van der Waals surface area contributed by atoms with Crippen molar-refractivity contribution in [3.63, 3.8) is 0 Å². The number of benzene rings is 2. The zero-order chi connectivity index (χ0) is 20.6. The van der Waals surface area contributed by atoms with Crippen LogP contribution >= 0.6 is 11.6 Å². The van der Waals surface area contributed by atoms with E-state index in [-0.39, 0.29) is 23.5 Å². The summed E-state index contributed by atoms with van der Waals surface area (Å²) in [7, 11) is 0. The molecule has 0 bridgehead atoms. The van der Waals surface area contributed by atoms with Crippen LogP contribution in [-0.2, 0) is 4.79 Å². The Morgan fingerprint density at radius 3 is 2.59 bits per heavy atom. The molecule has 0 saturated carbocycles. The highest BCUT2D eigenvalue weighted by molar-refractivity contribution is 6.30. The molecule has 0 unspecified atom stereocenters. The number of likely N-dealkylation sites (tertiary alicyclic amines) is 1. The highest BCUT2D eigenvalue weighted by Gasteiger charge is 2.41. The molecule has 2 aliphatic rings. The second kappa shape index (κ2) is 7.76. The summed E-state index contributed by atoms with van der Waals surface area (Å²) in [6.07, 6.45) is 1.86. The first-order valence-electron chi connectivity index (χ1n) is 9.71. The molecule has 0 radical (unpaired) electrons. The van der Waals surface area contributed by atoms with Gasteiger partial charge in [-0.25, -0.2) is 4.39 Å². The molecule has 1 fully saturated rings. The van der Waals surface area contributed by atoms with Gasteiger partial charge in [0.1, 0.15) is 17.2 Å². The Balaban J connectivity index is 1.71. The number of halogens is 2. The van der Waals surface area contributed by atoms with Crippen molar-refractivity contribution in [2.75, 3.05) is 13.1 Å². The van der Waals surface area contributed by atoms with Crippen molar-refractivity contribution in [2.24, 2.45) is 4.99 Å². The van der Waals surface area contributed by atoms with E-state index in [4.69, 9.17) is 16.6 Å². The first-order chi connectivity index (χ1) is 13.8. The van der Waals surface area contributed by atoms with Crippen molar-refractivity contribution >= 4 is 23.2 Å². The fourth-order valence-corrected chi connectivity index (χ4v) is 4.35. The lowest BCUT2D eigenvalue weighted by atomic mass is 9.87. The lowest BCUT2D eigenvalue weighted by Gasteiger charge is -2.45. The second-order valence-corrected chi connectivity index (χ2v) is 8.14. The number of nitrogens with one attached hydrogen (secondary N) is 1. The Morgan fingerprint density at radius 2 is 1.93 bits per heavy atom. The molecular formula is C22H23ClFN3O2. The summed E-state index contributed by atoms with van der Waals surface area (Å²) in [4.78, 5) is 18.6. The molecule has 4 rings (SSSR count). The Kier molecular flexibility index (Phi) is 5.32. The van der Waals surface area contributed by atoms with Crippen LogP contribution in [0.1, 0.15) is 43.4 Å². The van der Waals surface area contributed by atoms with E-state index < -0.39 is 5.66 Å². The average Bonchev–Trinajstić information content (AvgIpc) is 2.70. The first kappa shape index (κ1) is 19.9. The van der Waals surface area contributed by atoms with E-state index in [1.165, 1.54) is 12.1 Å². The van der Waals surface area contributed by atoms with Crippen LogP contribution in [0.4, 0.5) is 4.39 Å². The molecule has 0 aliphatic carbocycles. The van der Waals surface area contributed by atoms with Gasteiger partial charge in [-0.1, -0.05) is 23.7 Å². The van der Waals surface area contributed by atoms with Crippen LogP contribution < -0.4 is 5.32 Å². The first-order valence-corrected chi connectivity index (χ1v) is 10.1. The van der Waals surface area contributed by atoms with Gasteiger partial charge in [0.25, 0.3) is 0 Å². The molecule has 1 amide bonds. The van der Waals surface area contributed by atoms with Crippen LogP contribution in [-0.4, -0.2) is 40.4 Å². The monoisotopic (exact) mass is 415 g/mol. The molecule has 1 saturated heterocycles. The Morgan fingerprint density at radius 1 is 1.24 bits per heavy atom. The molecular weight excluding hydrogens is 393 g/mol. The molecule has 1 spiro atoms. The number of phenolic OH excluding ortho intramolecular Hbond substituents is 1. The quantitative estimate of drug-likeness (QED) is 0.777. The molecule has 1 atom stereocenters. The van der Waals surface area contributed by atoms with Gasteiger partial charge in [0.05, 0.1) is 0 Å². The predicted molar refractivity (Wildman–Crippen MR) is 111 cm³/mol. The van der Waals surface area contributed by atoms with Crippen LogP contribution in [0.3, 0.4) is 0 Å². The number of rotatable bonds is 2. The number of amides is 1. The topological polar surface area (TPSA) is 64.9 Å². The maximum Gasteiger partial charge on any atom is 0.219 e. The minimum atomic E-state index is -0.548. The lowest BCUT2D eigenvalue weighted by molar-refractivity contribution is -0.130. The zero-order valence-electron chi connectivity index (χ0n) is 16.2. The van der Waals surface area contributed by atoms with Crippen LogP contribution in [0.25, 0.3) is 0 Å². The van der Waals surface area contributed by atoms with Gasteiger partial charge < -0.3 is 10.0 Å². The average molecular weight is 416 g/mol. The maximum absolute atomic E-state index is 13.4. The van der Waals surface area contributed by atoms with Crippen LogP contribution in [0, 0.1) is 5.82 Å². The third-order valence-electron chi connectivity index (χ3n) is 5.77. The van der Waals surface area contributed by atoms with Gasteiger partial charge >= 0.3 is 0 Å². The number of piperidine rings is 1. The fraction of sp³-hybridized carbons (Fsp3) is 0.364. The van der Waals surface area contributed by atoms with Crippen molar-refractivity contribution in [1.82, 2.24) is 10.2 Å². The molecule has 152 valence electrons. The van der Waals surface area contributed by atoms with Gasteiger partial charge in [-0.05, 0) is 35.9 Å². The molecule has 2 aromatic carbocycles. The van der Waals surface area contributed by atoms with Crippen molar-refractivity contribution in [3.8, 4) is 5.75 Å². The van der Waals surface area contributed by atoms with Gasteiger partial charge in [0, 0.05) is 61.6 Å². The van der Waals surface area contributed by atoms with Crippen molar-refractivity contribution in [3.05, 3.63) is 64.4 Å². The third-order valence-corrected chi connectivity index (χ3v) is 6.00. The summed E-state index contributed by atoms with van der Waals surface area (Å²) in [5.41, 5.74) is 1.87. The molecule has 2 aliphatic heterocycles. The highest BCUT2D eigenvalue weighted by atomic mass is 35.5. The van der Waals surface area contributed by atoms with Crippen molar-refractivity contribution in [1.29, 1.82) is 0 Å². The zero-order valence-corrected chi connectivity index (χ0v) is 16.9. The number of aromatic hydroxyl groups is 1. The molecule has 0 aromatic heterocycles. The maximum atomic E-state index is 13.4.